The van der Waals surface area contributed by atoms with Crippen LogP contribution in [0.15, 0.2) is 23.1 Å². The van der Waals surface area contributed by atoms with Gasteiger partial charge in [0.1, 0.15) is 11.2 Å². The number of likely N-dealkylation sites (tertiary alicyclic amines) is 2. The third-order valence-corrected chi connectivity index (χ3v) is 8.38. The Morgan fingerprint density at radius 3 is 1.68 bits per heavy atom. The summed E-state index contributed by atoms with van der Waals surface area (Å²) in [6.45, 7) is 13.5. The van der Waals surface area contributed by atoms with Crippen molar-refractivity contribution in [1.82, 2.24) is 9.80 Å². The van der Waals surface area contributed by atoms with Crippen LogP contribution in [0.1, 0.15) is 67.2 Å². The Morgan fingerprint density at radius 1 is 0.825 bits per heavy atom. The van der Waals surface area contributed by atoms with Crippen LogP contribution in [-0.2, 0) is 23.8 Å². The summed E-state index contributed by atoms with van der Waals surface area (Å²) in [5, 5.41) is 1.64. The van der Waals surface area contributed by atoms with Gasteiger partial charge < -0.3 is 19.3 Å². The fourth-order valence-electron chi connectivity index (χ4n) is 3.93. The Labute approximate surface area is 253 Å². The lowest BCUT2D eigenvalue weighted by Gasteiger charge is -2.33. The molecule has 2 aliphatic rings. The normalized spacial score (nSPS) is 17.6. The predicted octanol–water partition coefficient (Wildman–Crippen LogP) is 6.85. The van der Waals surface area contributed by atoms with Gasteiger partial charge in [-0.05, 0) is 85.4 Å². The Hall–Kier alpha value is -1.40. The second kappa shape index (κ2) is 14.7. The highest BCUT2D eigenvalue weighted by molar-refractivity contribution is 8.00. The molecule has 2 heterocycles. The van der Waals surface area contributed by atoms with E-state index in [0.29, 0.717) is 41.2 Å². The molecule has 1 aromatic carbocycles. The topological polar surface area (TPSA) is 102 Å². The molecule has 13 heteroatoms. The lowest BCUT2D eigenvalue weighted by atomic mass is 10.1. The Balaban J connectivity index is 0.000000286. The van der Waals surface area contributed by atoms with Crippen LogP contribution in [0.3, 0.4) is 0 Å². The average molecular weight is 642 g/mol. The molecular weight excluding hydrogens is 599 g/mol. The number of piperidine rings is 2. The number of ether oxygens (including phenoxy) is 2. The van der Waals surface area contributed by atoms with Crippen LogP contribution in [-0.4, -0.2) is 85.4 Å². The Bertz CT molecular complexity index is 1100. The van der Waals surface area contributed by atoms with Crippen LogP contribution in [0.2, 0.25) is 10.0 Å². The van der Waals surface area contributed by atoms with Crippen LogP contribution < -0.4 is 0 Å². The highest BCUT2D eigenvalue weighted by Gasteiger charge is 2.29. The number of carbonyl (C=O) groups is 2. The first-order chi connectivity index (χ1) is 18.3. The molecule has 2 fully saturated rings. The van der Waals surface area contributed by atoms with Crippen LogP contribution >= 0.6 is 35.0 Å². The van der Waals surface area contributed by atoms with E-state index in [4.69, 9.17) is 36.9 Å². The largest absolute Gasteiger partial charge is 0.444 e. The van der Waals surface area contributed by atoms with Crippen molar-refractivity contribution in [3.8, 4) is 0 Å². The predicted molar refractivity (Wildman–Crippen MR) is 160 cm³/mol. The van der Waals surface area contributed by atoms with Gasteiger partial charge in [-0.1, -0.05) is 23.2 Å². The summed E-state index contributed by atoms with van der Waals surface area (Å²) in [5.74, 6) is 0. The Morgan fingerprint density at radius 2 is 1.27 bits per heavy atom. The smallest absolute Gasteiger partial charge is 0.410 e. The van der Waals surface area contributed by atoms with E-state index < -0.39 is 21.3 Å². The zero-order valence-electron chi connectivity index (χ0n) is 24.4. The van der Waals surface area contributed by atoms with Crippen molar-refractivity contribution in [2.45, 2.75) is 94.7 Å². The number of carbonyl (C=O) groups excluding carboxylic acids is 2. The van der Waals surface area contributed by atoms with E-state index in [1.54, 1.807) is 21.6 Å². The molecule has 0 N–H and O–H groups in total. The maximum Gasteiger partial charge on any atom is 0.410 e. The molecule has 0 spiro atoms. The van der Waals surface area contributed by atoms with E-state index >= 15 is 0 Å². The molecule has 2 saturated heterocycles. The van der Waals surface area contributed by atoms with Crippen LogP contribution in [0.4, 0.5) is 9.59 Å². The molecule has 228 valence electrons. The van der Waals surface area contributed by atoms with Gasteiger partial charge in [-0.3, -0.25) is 4.18 Å². The zero-order valence-corrected chi connectivity index (χ0v) is 27.5. The van der Waals surface area contributed by atoms with Crippen LogP contribution in [0.5, 0.6) is 0 Å². The minimum absolute atomic E-state index is 0.217. The average Bonchev–Trinajstić information content (AvgIpc) is 2.79. The summed E-state index contributed by atoms with van der Waals surface area (Å²) in [5.41, 5.74) is -0.958. The first-order valence-corrected chi connectivity index (χ1v) is 16.7. The second-order valence-corrected chi connectivity index (χ2v) is 15.6. The van der Waals surface area contributed by atoms with Crippen molar-refractivity contribution >= 4 is 57.3 Å². The minimum Gasteiger partial charge on any atom is -0.444 e. The van der Waals surface area contributed by atoms with Crippen LogP contribution in [0.25, 0.3) is 0 Å². The quantitative estimate of drug-likeness (QED) is 0.329. The molecule has 40 heavy (non-hydrogen) atoms. The molecule has 0 radical (unpaired) electrons. The SMILES string of the molecule is CC(C)(C)OC(=O)N1CCC(OS(C)(=O)=O)CC1.CC(C)(C)OC(=O)N1CCC(Sc2ccc(Cl)c(Cl)c2)CC1. The monoisotopic (exact) mass is 640 g/mol. The molecule has 0 saturated carbocycles. The second-order valence-electron chi connectivity index (χ2n) is 11.8. The van der Waals surface area contributed by atoms with Gasteiger partial charge in [-0.15, -0.1) is 11.8 Å². The van der Waals surface area contributed by atoms with E-state index in [9.17, 15) is 18.0 Å². The fourth-order valence-corrected chi connectivity index (χ4v) is 6.15. The maximum atomic E-state index is 12.0. The highest BCUT2D eigenvalue weighted by atomic mass is 35.5. The van der Waals surface area contributed by atoms with Crippen LogP contribution in [0, 0.1) is 0 Å². The van der Waals surface area contributed by atoms with Crippen molar-refractivity contribution in [3.05, 3.63) is 28.2 Å². The van der Waals surface area contributed by atoms with E-state index in [-0.39, 0.29) is 18.3 Å². The molecule has 3 rings (SSSR count). The van der Waals surface area contributed by atoms with Crippen molar-refractivity contribution in [2.24, 2.45) is 0 Å². The zero-order chi connectivity index (χ0) is 30.3. The minimum atomic E-state index is -3.42. The fraction of sp³-hybridized carbons (Fsp3) is 0.704. The number of benzene rings is 1. The summed E-state index contributed by atoms with van der Waals surface area (Å²) >= 11 is 13.8. The molecule has 2 amide bonds. The first kappa shape index (κ1) is 34.8. The van der Waals surface area contributed by atoms with Gasteiger partial charge in [-0.25, -0.2) is 9.59 Å². The molecule has 0 aliphatic carbocycles. The Kier molecular flexibility index (Phi) is 12.8. The van der Waals surface area contributed by atoms with Gasteiger partial charge in [0.15, 0.2) is 0 Å². The summed E-state index contributed by atoms with van der Waals surface area (Å²) < 4.78 is 37.5. The van der Waals surface area contributed by atoms with Gasteiger partial charge in [0.2, 0.25) is 0 Å². The summed E-state index contributed by atoms with van der Waals surface area (Å²) in [6, 6.07) is 5.70. The summed E-state index contributed by atoms with van der Waals surface area (Å²) in [6.07, 6.45) is 3.03. The lowest BCUT2D eigenvalue weighted by Crippen LogP contribution is -2.43. The maximum absolute atomic E-state index is 12.0. The number of hydrogen-bond donors (Lipinski definition) is 0. The van der Waals surface area contributed by atoms with E-state index in [1.165, 1.54) is 0 Å². The number of thioether (sulfide) groups is 1. The summed E-state index contributed by atoms with van der Waals surface area (Å²) in [7, 11) is -3.42. The molecule has 0 bridgehead atoms. The molecule has 9 nitrogen and oxygen atoms in total. The standard InChI is InChI=1S/C16H21Cl2NO2S.C11H21NO5S/c1-16(2,3)21-15(20)19-8-6-11(7-9-19)22-12-4-5-13(17)14(18)10-12;1-11(2,3)16-10(13)12-7-5-9(6-8-12)17-18(4,14)15/h4-5,10-11H,6-9H2,1-3H3;9H,5-8H2,1-4H3. The number of nitrogens with zero attached hydrogens (tertiary/aromatic N) is 2. The van der Waals surface area contributed by atoms with E-state index in [1.807, 2.05) is 59.7 Å². The van der Waals surface area contributed by atoms with Crippen molar-refractivity contribution in [1.29, 1.82) is 0 Å². The van der Waals surface area contributed by atoms with Gasteiger partial charge in [-0.2, -0.15) is 8.42 Å². The number of amides is 2. The van der Waals surface area contributed by atoms with Crippen molar-refractivity contribution in [3.63, 3.8) is 0 Å². The van der Waals surface area contributed by atoms with Gasteiger partial charge in [0.05, 0.1) is 22.4 Å². The van der Waals surface area contributed by atoms with Crippen molar-refractivity contribution < 1.29 is 31.7 Å². The molecule has 2 aliphatic heterocycles. The lowest BCUT2D eigenvalue weighted by molar-refractivity contribution is 0.0132. The molecule has 0 unspecified atom stereocenters. The third-order valence-electron chi connectivity index (χ3n) is 5.69. The molecular formula is C27H42Cl2N2O7S2. The van der Waals surface area contributed by atoms with Gasteiger partial charge >= 0.3 is 12.2 Å². The van der Waals surface area contributed by atoms with Gasteiger partial charge in [0, 0.05) is 36.3 Å². The number of halogens is 2. The highest BCUT2D eigenvalue weighted by Crippen LogP contribution is 2.34. The number of hydrogen-bond acceptors (Lipinski definition) is 8. The van der Waals surface area contributed by atoms with E-state index in [0.717, 1.165) is 37.1 Å². The van der Waals surface area contributed by atoms with E-state index in [2.05, 4.69) is 0 Å². The van der Waals surface area contributed by atoms with Gasteiger partial charge in [0.25, 0.3) is 10.1 Å². The molecule has 0 aromatic heterocycles. The first-order valence-electron chi connectivity index (χ1n) is 13.3. The molecule has 0 atom stereocenters. The summed E-state index contributed by atoms with van der Waals surface area (Å²) in [4.78, 5) is 28.3. The third kappa shape index (κ3) is 13.5. The number of rotatable bonds is 4. The molecule has 1 aromatic rings. The van der Waals surface area contributed by atoms with Crippen molar-refractivity contribution in [2.75, 3.05) is 32.4 Å².